The van der Waals surface area contributed by atoms with Crippen molar-refractivity contribution < 1.29 is 4.42 Å². The first kappa shape index (κ1) is 31.6. The fourth-order valence-corrected chi connectivity index (χ4v) is 7.89. The zero-order valence-electron chi connectivity index (χ0n) is 29.6. The van der Waals surface area contributed by atoms with Gasteiger partial charge in [0.05, 0.1) is 11.4 Å². The molecule has 0 aliphatic carbocycles. The lowest BCUT2D eigenvalue weighted by Gasteiger charge is -2.30. The molecular weight excluding hydrogens is 655 g/mol. The van der Waals surface area contributed by atoms with Crippen LogP contribution in [0.5, 0.6) is 0 Å². The second kappa shape index (κ2) is 13.4. The molecule has 0 fully saturated rings. The van der Waals surface area contributed by atoms with Crippen LogP contribution in [0.4, 0.5) is 17.1 Å². The monoisotopic (exact) mass is 689 g/mol. The summed E-state index contributed by atoms with van der Waals surface area (Å²) >= 11 is 0. The largest absolute Gasteiger partial charge is 0.456 e. The molecule has 0 N–H and O–H groups in total. The molecule has 0 radical (unpaired) electrons. The van der Waals surface area contributed by atoms with Crippen molar-refractivity contribution in [3.8, 4) is 44.5 Å². The standard InChI is InChI=1S/C52H35NO/c1-2-14-38(15-3-1)45-21-6-9-25-49(45)53(50-26-10-7-22-46(50)41-32-33-52-48(35-41)47-23-8-11-27-51(47)54-52)42-19-12-18-40(34-42)36-28-30-39(31-29-36)44-24-13-17-37-16-4-5-20-43(37)44/h1-35H. The topological polar surface area (TPSA) is 16.4 Å². The summed E-state index contributed by atoms with van der Waals surface area (Å²) in [5.74, 6) is 0. The van der Waals surface area contributed by atoms with Gasteiger partial charge in [0.1, 0.15) is 11.2 Å². The Kier molecular flexibility index (Phi) is 7.85. The first-order chi connectivity index (χ1) is 26.8. The van der Waals surface area contributed by atoms with E-state index in [-0.39, 0.29) is 0 Å². The van der Waals surface area contributed by atoms with Gasteiger partial charge < -0.3 is 9.32 Å². The van der Waals surface area contributed by atoms with E-state index in [1.165, 1.54) is 33.0 Å². The zero-order valence-corrected chi connectivity index (χ0v) is 29.6. The van der Waals surface area contributed by atoms with Gasteiger partial charge in [0.2, 0.25) is 0 Å². The van der Waals surface area contributed by atoms with E-state index in [1.54, 1.807) is 0 Å². The summed E-state index contributed by atoms with van der Waals surface area (Å²) < 4.78 is 6.22. The van der Waals surface area contributed by atoms with Gasteiger partial charge in [0, 0.05) is 27.6 Å². The second-order valence-electron chi connectivity index (χ2n) is 13.7. The van der Waals surface area contributed by atoms with Crippen molar-refractivity contribution in [3.05, 3.63) is 212 Å². The summed E-state index contributed by atoms with van der Waals surface area (Å²) in [6.45, 7) is 0. The van der Waals surface area contributed by atoms with Crippen LogP contribution in [0, 0.1) is 0 Å². The van der Waals surface area contributed by atoms with Crippen LogP contribution in [-0.4, -0.2) is 0 Å². The van der Waals surface area contributed by atoms with Gasteiger partial charge in [0.15, 0.2) is 0 Å². The predicted octanol–water partition coefficient (Wildman–Crippen LogP) is 14.9. The summed E-state index contributed by atoms with van der Waals surface area (Å²) in [5, 5.41) is 4.75. The number of fused-ring (bicyclic) bond motifs is 4. The fraction of sp³-hybridized carbons (Fsp3) is 0. The highest BCUT2D eigenvalue weighted by Gasteiger charge is 2.21. The highest BCUT2D eigenvalue weighted by Crippen LogP contribution is 2.46. The van der Waals surface area contributed by atoms with E-state index in [0.717, 1.165) is 61.3 Å². The van der Waals surface area contributed by atoms with E-state index in [4.69, 9.17) is 4.42 Å². The van der Waals surface area contributed by atoms with E-state index in [9.17, 15) is 0 Å². The highest BCUT2D eigenvalue weighted by atomic mass is 16.3. The molecule has 9 aromatic carbocycles. The Labute approximate surface area is 314 Å². The lowest BCUT2D eigenvalue weighted by atomic mass is 9.95. The van der Waals surface area contributed by atoms with E-state index >= 15 is 0 Å². The number of nitrogens with zero attached hydrogens (tertiary/aromatic N) is 1. The number of benzene rings is 9. The minimum Gasteiger partial charge on any atom is -0.456 e. The van der Waals surface area contributed by atoms with Crippen LogP contribution < -0.4 is 4.90 Å². The number of para-hydroxylation sites is 3. The van der Waals surface area contributed by atoms with Crippen LogP contribution in [0.1, 0.15) is 0 Å². The predicted molar refractivity (Wildman–Crippen MR) is 228 cm³/mol. The van der Waals surface area contributed by atoms with Gasteiger partial charge in [-0.3, -0.25) is 0 Å². The summed E-state index contributed by atoms with van der Waals surface area (Å²) in [6.07, 6.45) is 0. The number of hydrogen-bond donors (Lipinski definition) is 0. The molecular formula is C52H35NO. The third kappa shape index (κ3) is 5.62. The molecule has 10 aromatic rings. The molecule has 0 saturated carbocycles. The minimum absolute atomic E-state index is 0.892. The van der Waals surface area contributed by atoms with Crippen molar-refractivity contribution >= 4 is 49.8 Å². The Balaban J connectivity index is 1.13. The van der Waals surface area contributed by atoms with Crippen LogP contribution in [0.2, 0.25) is 0 Å². The average Bonchev–Trinajstić information content (AvgIpc) is 3.63. The molecule has 0 amide bonds. The Morgan fingerprint density at radius 2 is 0.833 bits per heavy atom. The molecule has 0 bridgehead atoms. The van der Waals surface area contributed by atoms with Gasteiger partial charge in [-0.2, -0.15) is 0 Å². The number of anilines is 3. The van der Waals surface area contributed by atoms with Gasteiger partial charge in [-0.15, -0.1) is 0 Å². The quantitative estimate of drug-likeness (QED) is 0.166. The van der Waals surface area contributed by atoms with Crippen LogP contribution in [0.15, 0.2) is 217 Å². The number of hydrogen-bond acceptors (Lipinski definition) is 2. The first-order valence-electron chi connectivity index (χ1n) is 18.4. The SMILES string of the molecule is c1ccc(-c2ccccc2N(c2cccc(-c3ccc(-c4cccc5ccccc45)cc3)c2)c2ccccc2-c2ccc3oc4ccccc4c3c2)cc1. The van der Waals surface area contributed by atoms with Crippen LogP contribution >= 0.6 is 0 Å². The minimum atomic E-state index is 0.892. The summed E-state index contributed by atoms with van der Waals surface area (Å²) in [7, 11) is 0. The maximum absolute atomic E-state index is 6.22. The molecule has 0 saturated heterocycles. The molecule has 254 valence electrons. The van der Waals surface area contributed by atoms with Crippen molar-refractivity contribution in [1.29, 1.82) is 0 Å². The molecule has 0 spiro atoms. The molecule has 2 heteroatoms. The van der Waals surface area contributed by atoms with Gasteiger partial charge in [-0.1, -0.05) is 170 Å². The van der Waals surface area contributed by atoms with Crippen molar-refractivity contribution in [2.75, 3.05) is 4.90 Å². The second-order valence-corrected chi connectivity index (χ2v) is 13.7. The number of furan rings is 1. The Bertz CT molecular complexity index is 2930. The zero-order chi connectivity index (χ0) is 35.8. The number of rotatable bonds is 7. The van der Waals surface area contributed by atoms with Gasteiger partial charge >= 0.3 is 0 Å². The summed E-state index contributed by atoms with van der Waals surface area (Å²) in [6, 6.07) is 76.0. The first-order valence-corrected chi connectivity index (χ1v) is 18.4. The Morgan fingerprint density at radius 1 is 0.296 bits per heavy atom. The molecule has 0 aliphatic heterocycles. The van der Waals surface area contributed by atoms with Crippen molar-refractivity contribution in [3.63, 3.8) is 0 Å². The Hall–Kier alpha value is -7.16. The van der Waals surface area contributed by atoms with Crippen molar-refractivity contribution in [2.45, 2.75) is 0 Å². The van der Waals surface area contributed by atoms with Gasteiger partial charge in [0.25, 0.3) is 0 Å². The van der Waals surface area contributed by atoms with Crippen molar-refractivity contribution in [2.24, 2.45) is 0 Å². The smallest absolute Gasteiger partial charge is 0.135 e. The Morgan fingerprint density at radius 3 is 1.65 bits per heavy atom. The maximum atomic E-state index is 6.22. The van der Waals surface area contributed by atoms with E-state index < -0.39 is 0 Å². The average molecular weight is 690 g/mol. The van der Waals surface area contributed by atoms with Gasteiger partial charge in [-0.25, -0.2) is 0 Å². The van der Waals surface area contributed by atoms with Gasteiger partial charge in [-0.05, 0) is 86.6 Å². The van der Waals surface area contributed by atoms with E-state index in [1.807, 2.05) is 12.1 Å². The molecule has 2 nitrogen and oxygen atoms in total. The van der Waals surface area contributed by atoms with Crippen molar-refractivity contribution in [1.82, 2.24) is 0 Å². The summed E-state index contributed by atoms with van der Waals surface area (Å²) in [5.41, 5.74) is 14.5. The molecule has 0 unspecified atom stereocenters. The third-order valence-electron chi connectivity index (χ3n) is 10.5. The lowest BCUT2D eigenvalue weighted by molar-refractivity contribution is 0.669. The lowest BCUT2D eigenvalue weighted by Crippen LogP contribution is -2.12. The van der Waals surface area contributed by atoms with Crippen LogP contribution in [0.3, 0.4) is 0 Å². The fourth-order valence-electron chi connectivity index (χ4n) is 7.89. The molecule has 1 heterocycles. The molecule has 54 heavy (non-hydrogen) atoms. The van der Waals surface area contributed by atoms with Crippen LogP contribution in [-0.2, 0) is 0 Å². The molecule has 0 aliphatic rings. The maximum Gasteiger partial charge on any atom is 0.135 e. The van der Waals surface area contributed by atoms with E-state index in [2.05, 4.69) is 205 Å². The third-order valence-corrected chi connectivity index (χ3v) is 10.5. The highest BCUT2D eigenvalue weighted by molar-refractivity contribution is 6.07. The summed E-state index contributed by atoms with van der Waals surface area (Å²) in [4.78, 5) is 2.42. The normalized spacial score (nSPS) is 11.3. The molecule has 0 atom stereocenters. The molecule has 10 rings (SSSR count). The van der Waals surface area contributed by atoms with E-state index in [0.29, 0.717) is 0 Å². The molecule has 1 aromatic heterocycles. The van der Waals surface area contributed by atoms with Crippen LogP contribution in [0.25, 0.3) is 77.2 Å².